The van der Waals surface area contributed by atoms with E-state index in [2.05, 4.69) is 29.2 Å². The Morgan fingerprint density at radius 3 is 2.73 bits per heavy atom. The lowest BCUT2D eigenvalue weighted by molar-refractivity contribution is 0.0766. The van der Waals surface area contributed by atoms with Gasteiger partial charge in [0, 0.05) is 30.6 Å². The van der Waals surface area contributed by atoms with E-state index in [0.29, 0.717) is 41.4 Å². The molecular weight excluding hydrogens is 280 g/mol. The fraction of sp³-hybridized carbons (Fsp3) is 0.688. The molecule has 1 aromatic rings. The summed E-state index contributed by atoms with van der Waals surface area (Å²) in [6, 6.07) is 1.89. The van der Waals surface area contributed by atoms with Crippen molar-refractivity contribution in [3.63, 3.8) is 0 Å². The summed E-state index contributed by atoms with van der Waals surface area (Å²) >= 11 is 0. The molecule has 1 saturated heterocycles. The second-order valence-electron chi connectivity index (χ2n) is 7.43. The molecule has 5 atom stereocenters. The molecule has 116 valence electrons. The molecule has 22 heavy (non-hydrogen) atoms. The Morgan fingerprint density at radius 1 is 1.41 bits per heavy atom. The van der Waals surface area contributed by atoms with E-state index in [4.69, 9.17) is 4.84 Å². The minimum atomic E-state index is 0.0583. The molecule has 0 spiro atoms. The van der Waals surface area contributed by atoms with Crippen molar-refractivity contribution in [2.75, 3.05) is 13.1 Å². The normalized spacial score (nSPS) is 37.7. The number of amides is 1. The summed E-state index contributed by atoms with van der Waals surface area (Å²) in [6.45, 7) is 5.86. The SMILES string of the molecule is CC(C)c1cc(C(=O)N2C[C@@H]3C(C4=NOC5CC45)[C@@H]3C2)n[nH]1. The lowest BCUT2D eigenvalue weighted by atomic mass is 10.1. The van der Waals surface area contributed by atoms with Crippen LogP contribution in [0.5, 0.6) is 0 Å². The predicted molar refractivity (Wildman–Crippen MR) is 79.5 cm³/mol. The highest BCUT2D eigenvalue weighted by atomic mass is 16.7. The Bertz CT molecular complexity index is 667. The van der Waals surface area contributed by atoms with Crippen LogP contribution in [-0.4, -0.2) is 45.9 Å². The van der Waals surface area contributed by atoms with Crippen molar-refractivity contribution in [2.45, 2.75) is 32.3 Å². The maximum atomic E-state index is 12.5. The predicted octanol–water partition coefficient (Wildman–Crippen LogP) is 1.63. The zero-order valence-corrected chi connectivity index (χ0v) is 12.8. The van der Waals surface area contributed by atoms with Gasteiger partial charge in [-0.05, 0) is 30.2 Å². The number of rotatable bonds is 3. The van der Waals surface area contributed by atoms with E-state index in [1.807, 2.05) is 11.0 Å². The van der Waals surface area contributed by atoms with Crippen molar-refractivity contribution in [3.8, 4) is 0 Å². The summed E-state index contributed by atoms with van der Waals surface area (Å²) in [5, 5.41) is 11.4. The molecule has 3 fully saturated rings. The highest BCUT2D eigenvalue weighted by molar-refractivity contribution is 5.97. The summed E-state index contributed by atoms with van der Waals surface area (Å²) in [7, 11) is 0. The quantitative estimate of drug-likeness (QED) is 0.922. The van der Waals surface area contributed by atoms with E-state index in [1.165, 1.54) is 5.71 Å². The first-order valence-corrected chi connectivity index (χ1v) is 8.21. The fourth-order valence-corrected chi connectivity index (χ4v) is 4.14. The molecule has 3 heterocycles. The molecule has 6 nitrogen and oxygen atoms in total. The van der Waals surface area contributed by atoms with Gasteiger partial charge >= 0.3 is 0 Å². The van der Waals surface area contributed by atoms with Crippen molar-refractivity contribution in [1.29, 1.82) is 0 Å². The molecule has 2 saturated carbocycles. The summed E-state index contributed by atoms with van der Waals surface area (Å²) in [6.07, 6.45) is 1.54. The van der Waals surface area contributed by atoms with Crippen LogP contribution in [0.15, 0.2) is 11.2 Å². The number of piperidine rings is 1. The maximum absolute atomic E-state index is 12.5. The molecule has 1 amide bonds. The Kier molecular flexibility index (Phi) is 2.37. The molecule has 0 bridgehead atoms. The number of nitrogens with zero attached hydrogens (tertiary/aromatic N) is 3. The maximum Gasteiger partial charge on any atom is 0.274 e. The standard InChI is InChI=1S/C16H20N4O2/c1-7(2)11-4-12(18-17-11)16(21)20-5-9-10(6-20)14(9)15-8-3-13(8)22-19-15/h4,7-10,13-14H,3,5-6H2,1-2H3,(H,17,18)/t8?,9-,10+,13?,14?. The molecule has 0 radical (unpaired) electrons. The minimum Gasteiger partial charge on any atom is -0.392 e. The third-order valence-electron chi connectivity index (χ3n) is 5.67. The molecule has 3 unspecified atom stereocenters. The van der Waals surface area contributed by atoms with Gasteiger partial charge in [0.2, 0.25) is 0 Å². The van der Waals surface area contributed by atoms with Gasteiger partial charge in [-0.1, -0.05) is 19.0 Å². The van der Waals surface area contributed by atoms with Crippen LogP contribution in [0.4, 0.5) is 0 Å². The molecule has 2 aliphatic heterocycles. The van der Waals surface area contributed by atoms with Crippen molar-refractivity contribution in [3.05, 3.63) is 17.5 Å². The number of nitrogens with one attached hydrogen (secondary N) is 1. The fourth-order valence-electron chi connectivity index (χ4n) is 4.14. The van der Waals surface area contributed by atoms with Crippen LogP contribution < -0.4 is 0 Å². The van der Waals surface area contributed by atoms with Crippen LogP contribution in [0.25, 0.3) is 0 Å². The lowest BCUT2D eigenvalue weighted by Crippen LogP contribution is -2.33. The second-order valence-corrected chi connectivity index (χ2v) is 7.43. The van der Waals surface area contributed by atoms with Gasteiger partial charge in [-0.15, -0.1) is 0 Å². The van der Waals surface area contributed by atoms with E-state index in [9.17, 15) is 4.79 Å². The number of H-pyrrole nitrogens is 1. The third kappa shape index (κ3) is 1.69. The number of aromatic amines is 1. The van der Waals surface area contributed by atoms with Crippen LogP contribution >= 0.6 is 0 Å². The molecule has 1 aromatic heterocycles. The molecule has 0 aromatic carbocycles. The first-order valence-electron chi connectivity index (χ1n) is 8.21. The van der Waals surface area contributed by atoms with E-state index in [-0.39, 0.29) is 5.91 Å². The minimum absolute atomic E-state index is 0.0583. The number of fused-ring (bicyclic) bond motifs is 2. The molecule has 5 rings (SSSR count). The van der Waals surface area contributed by atoms with E-state index < -0.39 is 0 Å². The molecular formula is C16H20N4O2. The average Bonchev–Trinajstić information content (AvgIpc) is 3.16. The Balaban J connectivity index is 1.25. The first-order chi connectivity index (χ1) is 10.6. The monoisotopic (exact) mass is 300 g/mol. The van der Waals surface area contributed by atoms with Crippen molar-refractivity contribution >= 4 is 11.6 Å². The summed E-state index contributed by atoms with van der Waals surface area (Å²) in [5.74, 6) is 2.77. The smallest absolute Gasteiger partial charge is 0.274 e. The topological polar surface area (TPSA) is 70.6 Å². The van der Waals surface area contributed by atoms with E-state index >= 15 is 0 Å². The van der Waals surface area contributed by atoms with Gasteiger partial charge in [-0.3, -0.25) is 9.89 Å². The Morgan fingerprint density at radius 2 is 2.18 bits per heavy atom. The summed E-state index contributed by atoms with van der Waals surface area (Å²) in [4.78, 5) is 19.9. The molecule has 2 aliphatic carbocycles. The third-order valence-corrected chi connectivity index (χ3v) is 5.67. The zero-order valence-electron chi connectivity index (χ0n) is 12.8. The number of carbonyl (C=O) groups excluding carboxylic acids is 1. The van der Waals surface area contributed by atoms with E-state index in [1.54, 1.807) is 0 Å². The summed E-state index contributed by atoms with van der Waals surface area (Å²) < 4.78 is 0. The van der Waals surface area contributed by atoms with Crippen molar-refractivity contribution in [2.24, 2.45) is 28.8 Å². The number of aromatic nitrogens is 2. The Hall–Kier alpha value is -1.85. The molecule has 6 heteroatoms. The van der Waals surface area contributed by atoms with Gasteiger partial charge < -0.3 is 9.74 Å². The largest absolute Gasteiger partial charge is 0.392 e. The number of likely N-dealkylation sites (tertiary alicyclic amines) is 1. The number of oxime groups is 1. The van der Waals surface area contributed by atoms with E-state index in [0.717, 1.165) is 25.2 Å². The van der Waals surface area contributed by atoms with Crippen LogP contribution in [0.3, 0.4) is 0 Å². The van der Waals surface area contributed by atoms with Gasteiger partial charge in [0.15, 0.2) is 0 Å². The summed E-state index contributed by atoms with van der Waals surface area (Å²) in [5.41, 5.74) is 2.85. The van der Waals surface area contributed by atoms with Crippen molar-refractivity contribution in [1.82, 2.24) is 15.1 Å². The van der Waals surface area contributed by atoms with Gasteiger partial charge in [-0.2, -0.15) is 5.10 Å². The van der Waals surface area contributed by atoms with Gasteiger partial charge in [0.25, 0.3) is 5.91 Å². The molecule has 1 N–H and O–H groups in total. The zero-order chi connectivity index (χ0) is 15.0. The number of hydrogen-bond acceptors (Lipinski definition) is 4. The van der Waals surface area contributed by atoms with Crippen LogP contribution in [0, 0.1) is 23.7 Å². The first kappa shape index (κ1) is 12.7. The van der Waals surface area contributed by atoms with Gasteiger partial charge in [0.05, 0.1) is 5.71 Å². The van der Waals surface area contributed by atoms with Gasteiger partial charge in [-0.25, -0.2) is 0 Å². The number of carbonyl (C=O) groups is 1. The lowest BCUT2D eigenvalue weighted by Gasteiger charge is -2.18. The van der Waals surface area contributed by atoms with Crippen LogP contribution in [0.1, 0.15) is 42.4 Å². The number of hydrogen-bond donors (Lipinski definition) is 1. The highest BCUT2D eigenvalue weighted by Gasteiger charge is 2.64. The van der Waals surface area contributed by atoms with Crippen LogP contribution in [0.2, 0.25) is 0 Å². The second kappa shape index (κ2) is 4.12. The average molecular weight is 300 g/mol. The molecule has 4 aliphatic rings. The highest BCUT2D eigenvalue weighted by Crippen LogP contribution is 2.58. The van der Waals surface area contributed by atoms with Crippen molar-refractivity contribution < 1.29 is 9.63 Å². The Labute approximate surface area is 128 Å². The van der Waals surface area contributed by atoms with Gasteiger partial charge in [0.1, 0.15) is 11.8 Å². The van der Waals surface area contributed by atoms with Crippen LogP contribution in [-0.2, 0) is 4.84 Å².